The van der Waals surface area contributed by atoms with Gasteiger partial charge < -0.3 is 19.1 Å². The lowest BCUT2D eigenvalue weighted by atomic mass is 9.33. The highest BCUT2D eigenvalue weighted by molar-refractivity contribution is 7.00. The van der Waals surface area contributed by atoms with Gasteiger partial charge in [0.2, 0.25) is 0 Å². The second-order valence-corrected chi connectivity index (χ2v) is 30.9. The van der Waals surface area contributed by atoms with Gasteiger partial charge in [0.25, 0.3) is 6.71 Å². The van der Waals surface area contributed by atoms with Gasteiger partial charge in [0.15, 0.2) is 0 Å². The summed E-state index contributed by atoms with van der Waals surface area (Å²) in [4.78, 5) is 7.83. The standard InChI is InChI=1S/C77H86BN3O/c1-47-39-57-59(76(15,16)37-35-74(57,11)12)45-63(47)81-65-46-60-58(75(13,14)36-38-77(60,17)18)44-62(65)78-61-34-32-53(79(51-27-23-48(24-28-51)71(2,3)4)52-29-25-49(26-30-52)72(5,6)7)42-64(61)80(66-40-50(73(8,9)10)41-67(81)70(66)78)54-31-33-56-55-21-19-20-22-68(55)82-69(56)43-54/h19-34,39-46H,35-38H2,1-18H3. The van der Waals surface area contributed by atoms with Crippen molar-refractivity contribution in [3.63, 3.8) is 0 Å². The molecule has 1 aromatic heterocycles. The highest BCUT2D eigenvalue weighted by atomic mass is 16.3. The van der Waals surface area contributed by atoms with Crippen molar-refractivity contribution in [1.82, 2.24) is 0 Å². The number of anilines is 9. The number of fused-ring (bicyclic) bond motifs is 9. The summed E-state index contributed by atoms with van der Waals surface area (Å²) in [7, 11) is 0. The molecule has 0 atom stereocenters. The molecule has 418 valence electrons. The van der Waals surface area contributed by atoms with Crippen molar-refractivity contribution in [3.05, 3.63) is 190 Å². The summed E-state index contributed by atoms with van der Waals surface area (Å²) < 4.78 is 6.82. The monoisotopic (exact) mass is 1080 g/mol. The van der Waals surface area contributed by atoms with Crippen LogP contribution in [0.4, 0.5) is 51.2 Å². The Morgan fingerprint density at radius 1 is 0.402 bits per heavy atom. The van der Waals surface area contributed by atoms with Crippen LogP contribution in [-0.4, -0.2) is 6.71 Å². The minimum absolute atomic E-state index is 0.00220. The van der Waals surface area contributed by atoms with E-state index in [-0.39, 0.29) is 44.6 Å². The predicted molar refractivity (Wildman–Crippen MR) is 354 cm³/mol. The van der Waals surface area contributed by atoms with Gasteiger partial charge >= 0.3 is 0 Å². The van der Waals surface area contributed by atoms with Crippen LogP contribution in [0.2, 0.25) is 0 Å². The third-order valence-electron chi connectivity index (χ3n) is 20.2. The fraction of sp³-hybridized carbons (Fsp3) is 0.377. The van der Waals surface area contributed by atoms with Gasteiger partial charge in [-0.2, -0.15) is 0 Å². The molecule has 0 unspecified atom stereocenters. The molecule has 13 rings (SSSR count). The van der Waals surface area contributed by atoms with Crippen LogP contribution in [0.3, 0.4) is 0 Å². The zero-order valence-corrected chi connectivity index (χ0v) is 52.5. The summed E-state index contributed by atoms with van der Waals surface area (Å²) in [6.45, 7) is 43.2. The van der Waals surface area contributed by atoms with Gasteiger partial charge in [-0.15, -0.1) is 0 Å². The molecule has 0 radical (unpaired) electrons. The van der Waals surface area contributed by atoms with Crippen molar-refractivity contribution in [3.8, 4) is 0 Å². The lowest BCUT2D eigenvalue weighted by Gasteiger charge is -2.48. The zero-order valence-electron chi connectivity index (χ0n) is 52.5. The molecule has 82 heavy (non-hydrogen) atoms. The highest BCUT2D eigenvalue weighted by Gasteiger charge is 2.48. The van der Waals surface area contributed by atoms with Gasteiger partial charge in [-0.1, -0.05) is 178 Å². The van der Waals surface area contributed by atoms with E-state index in [0.29, 0.717) is 0 Å². The summed E-state index contributed by atoms with van der Waals surface area (Å²) in [6, 6.07) is 57.2. The summed E-state index contributed by atoms with van der Waals surface area (Å²) in [5.74, 6) is 0. The Morgan fingerprint density at radius 2 is 0.866 bits per heavy atom. The van der Waals surface area contributed by atoms with E-state index < -0.39 is 0 Å². The van der Waals surface area contributed by atoms with Gasteiger partial charge in [-0.05, 0) is 210 Å². The van der Waals surface area contributed by atoms with Crippen LogP contribution >= 0.6 is 0 Å². The molecule has 0 saturated heterocycles. The third-order valence-corrected chi connectivity index (χ3v) is 20.2. The molecule has 8 aromatic carbocycles. The minimum atomic E-state index is -0.183. The van der Waals surface area contributed by atoms with Crippen LogP contribution < -0.4 is 31.1 Å². The van der Waals surface area contributed by atoms with Crippen molar-refractivity contribution >= 4 is 96.2 Å². The Balaban J connectivity index is 1.14. The van der Waals surface area contributed by atoms with Crippen LogP contribution in [0.25, 0.3) is 21.9 Å². The van der Waals surface area contributed by atoms with E-state index in [1.807, 2.05) is 0 Å². The average Bonchev–Trinajstić information content (AvgIpc) is 1.09. The second kappa shape index (κ2) is 18.0. The molecule has 0 amide bonds. The molecule has 3 heterocycles. The van der Waals surface area contributed by atoms with Crippen molar-refractivity contribution in [1.29, 1.82) is 0 Å². The van der Waals surface area contributed by atoms with E-state index in [1.54, 1.807) is 0 Å². The SMILES string of the molecule is Cc1cc2c(cc1N1c3cc4c(cc3B3c5ccc(N(c6ccc(C(C)(C)C)cc6)c6ccc(C(C)(C)C)cc6)cc5N(c5ccc6c(c5)oc5ccccc56)c5cc(C(C)(C)C)cc1c53)C(C)(C)CCC4(C)C)C(C)(C)CCC2(C)C. The van der Waals surface area contributed by atoms with E-state index in [9.17, 15) is 0 Å². The van der Waals surface area contributed by atoms with Crippen molar-refractivity contribution in [2.24, 2.45) is 0 Å². The smallest absolute Gasteiger partial charge is 0.252 e. The van der Waals surface area contributed by atoms with Gasteiger partial charge in [-0.3, -0.25) is 0 Å². The van der Waals surface area contributed by atoms with Gasteiger partial charge in [0.05, 0.1) is 0 Å². The molecule has 0 fully saturated rings. The van der Waals surface area contributed by atoms with Crippen LogP contribution in [-0.2, 0) is 37.9 Å². The fourth-order valence-corrected chi connectivity index (χ4v) is 14.6. The topological polar surface area (TPSA) is 22.9 Å². The Morgan fingerprint density at radius 3 is 1.41 bits per heavy atom. The first-order chi connectivity index (χ1) is 38.4. The number of hydrogen-bond donors (Lipinski definition) is 0. The first-order valence-electron chi connectivity index (χ1n) is 30.6. The number of furan rings is 1. The number of rotatable bonds is 5. The maximum absolute atomic E-state index is 6.82. The van der Waals surface area contributed by atoms with E-state index in [2.05, 4.69) is 285 Å². The maximum Gasteiger partial charge on any atom is 0.252 e. The number of hydrogen-bond acceptors (Lipinski definition) is 4. The fourth-order valence-electron chi connectivity index (χ4n) is 14.6. The van der Waals surface area contributed by atoms with Crippen LogP contribution in [0.15, 0.2) is 150 Å². The van der Waals surface area contributed by atoms with E-state index in [4.69, 9.17) is 4.42 Å². The number of nitrogens with zero attached hydrogens (tertiary/aromatic N) is 3. The summed E-state index contributed by atoms with van der Waals surface area (Å²) >= 11 is 0. The molecule has 2 aliphatic heterocycles. The molecule has 5 heteroatoms. The van der Waals surface area contributed by atoms with Gasteiger partial charge in [-0.25, -0.2) is 0 Å². The van der Waals surface area contributed by atoms with Crippen LogP contribution in [0, 0.1) is 6.92 Å². The molecule has 0 bridgehead atoms. The van der Waals surface area contributed by atoms with E-state index in [1.165, 1.54) is 95.8 Å². The largest absolute Gasteiger partial charge is 0.456 e. The maximum atomic E-state index is 6.82. The first-order valence-corrected chi connectivity index (χ1v) is 30.6. The number of benzene rings is 8. The predicted octanol–water partition coefficient (Wildman–Crippen LogP) is 20.0. The second-order valence-electron chi connectivity index (χ2n) is 30.9. The lowest BCUT2D eigenvalue weighted by Crippen LogP contribution is -2.62. The summed E-state index contributed by atoms with van der Waals surface area (Å²) in [6.07, 6.45) is 4.63. The van der Waals surface area contributed by atoms with Gasteiger partial charge in [0, 0.05) is 68.0 Å². The van der Waals surface area contributed by atoms with E-state index >= 15 is 0 Å². The van der Waals surface area contributed by atoms with Crippen LogP contribution in [0.1, 0.15) is 188 Å². The molecule has 2 aliphatic carbocycles. The first kappa shape index (κ1) is 54.3. The number of para-hydroxylation sites is 1. The Hall–Kier alpha value is -6.98. The van der Waals surface area contributed by atoms with E-state index in [0.717, 1.165) is 64.0 Å². The Kier molecular flexibility index (Phi) is 11.9. The Bertz CT molecular complexity index is 4010. The zero-order chi connectivity index (χ0) is 58.2. The summed E-state index contributed by atoms with van der Waals surface area (Å²) in [5, 5.41) is 2.26. The molecule has 0 spiro atoms. The van der Waals surface area contributed by atoms with Crippen LogP contribution in [0.5, 0.6) is 0 Å². The quantitative estimate of drug-likeness (QED) is 0.160. The van der Waals surface area contributed by atoms with Gasteiger partial charge in [0.1, 0.15) is 11.2 Å². The molecule has 4 nitrogen and oxygen atoms in total. The van der Waals surface area contributed by atoms with Crippen molar-refractivity contribution in [2.75, 3.05) is 14.7 Å². The van der Waals surface area contributed by atoms with Crippen molar-refractivity contribution < 1.29 is 4.42 Å². The number of aryl methyl sites for hydroxylation is 1. The molecule has 4 aliphatic rings. The molecule has 0 saturated carbocycles. The normalized spacial score (nSPS) is 17.5. The molecule has 9 aromatic rings. The summed E-state index contributed by atoms with van der Waals surface area (Å²) in [5.41, 5.74) is 27.7. The molecule has 0 N–H and O–H groups in total. The van der Waals surface area contributed by atoms with Crippen molar-refractivity contribution in [2.45, 2.75) is 188 Å². The minimum Gasteiger partial charge on any atom is -0.456 e. The lowest BCUT2D eigenvalue weighted by molar-refractivity contribution is 0.331. The average molecular weight is 1080 g/mol. The Labute approximate surface area is 491 Å². The highest BCUT2D eigenvalue weighted by Crippen LogP contribution is 2.55. The molecular weight excluding hydrogens is 994 g/mol. The molecular formula is C77H86BN3O. The third kappa shape index (κ3) is 8.59.